The lowest BCUT2D eigenvalue weighted by molar-refractivity contribution is -0.121. The molecule has 5 nitrogen and oxygen atoms in total. The maximum atomic E-state index is 12.1. The second-order valence-corrected chi connectivity index (χ2v) is 6.56. The average molecular weight is 353 g/mol. The van der Waals surface area contributed by atoms with Crippen molar-refractivity contribution in [3.8, 4) is 0 Å². The number of amides is 1. The number of carbonyl (C=O) groups is 2. The molecule has 1 fully saturated rings. The van der Waals surface area contributed by atoms with Gasteiger partial charge in [-0.25, -0.2) is 4.79 Å². The van der Waals surface area contributed by atoms with Crippen molar-refractivity contribution in [1.82, 2.24) is 5.32 Å². The van der Waals surface area contributed by atoms with E-state index in [1.807, 2.05) is 18.2 Å². The third kappa shape index (κ3) is 4.70. The van der Waals surface area contributed by atoms with Gasteiger partial charge in [0.1, 0.15) is 0 Å². The first kappa shape index (κ1) is 18.1. The molecule has 26 heavy (non-hydrogen) atoms. The van der Waals surface area contributed by atoms with E-state index in [2.05, 4.69) is 17.4 Å². The second-order valence-electron chi connectivity index (χ2n) is 6.56. The Labute approximate surface area is 153 Å². The lowest BCUT2D eigenvalue weighted by Crippen LogP contribution is -2.30. The van der Waals surface area contributed by atoms with E-state index in [-0.39, 0.29) is 23.5 Å². The number of rotatable bonds is 7. The van der Waals surface area contributed by atoms with Crippen LogP contribution in [-0.4, -0.2) is 30.1 Å². The number of carbonyl (C=O) groups excluding carboxylic acids is 1. The van der Waals surface area contributed by atoms with E-state index in [4.69, 9.17) is 9.84 Å². The molecule has 2 atom stereocenters. The summed E-state index contributed by atoms with van der Waals surface area (Å²) in [4.78, 5) is 23.0. The van der Waals surface area contributed by atoms with E-state index < -0.39 is 5.97 Å². The van der Waals surface area contributed by atoms with Crippen LogP contribution in [0, 0.1) is 5.92 Å². The maximum Gasteiger partial charge on any atom is 0.335 e. The van der Waals surface area contributed by atoms with Gasteiger partial charge in [-0.05, 0) is 36.1 Å². The fourth-order valence-corrected chi connectivity index (χ4v) is 3.26. The molecule has 0 saturated carbocycles. The highest BCUT2D eigenvalue weighted by molar-refractivity contribution is 5.87. The molecular formula is C21H23NO4. The summed E-state index contributed by atoms with van der Waals surface area (Å²) in [6.45, 7) is 1.33. The summed E-state index contributed by atoms with van der Waals surface area (Å²) < 4.78 is 5.84. The van der Waals surface area contributed by atoms with Crippen LogP contribution >= 0.6 is 0 Å². The fourth-order valence-electron chi connectivity index (χ4n) is 3.26. The molecule has 2 aromatic rings. The van der Waals surface area contributed by atoms with Crippen LogP contribution in [-0.2, 0) is 16.0 Å². The Morgan fingerprint density at radius 1 is 1.08 bits per heavy atom. The van der Waals surface area contributed by atoms with Crippen molar-refractivity contribution >= 4 is 11.9 Å². The van der Waals surface area contributed by atoms with Crippen LogP contribution in [0.25, 0.3) is 0 Å². The smallest absolute Gasteiger partial charge is 0.335 e. The highest BCUT2D eigenvalue weighted by Crippen LogP contribution is 2.33. The van der Waals surface area contributed by atoms with Gasteiger partial charge in [0.2, 0.25) is 5.91 Å². The normalized spacial score (nSPS) is 19.2. The Kier molecular flexibility index (Phi) is 6.02. The summed E-state index contributed by atoms with van der Waals surface area (Å²) in [6, 6.07) is 16.8. The van der Waals surface area contributed by atoms with Gasteiger partial charge in [0.15, 0.2) is 0 Å². The molecule has 1 amide bonds. The molecule has 1 heterocycles. The number of nitrogens with one attached hydrogen (secondary N) is 1. The van der Waals surface area contributed by atoms with Gasteiger partial charge < -0.3 is 15.2 Å². The van der Waals surface area contributed by atoms with Crippen molar-refractivity contribution in [2.45, 2.75) is 25.4 Å². The van der Waals surface area contributed by atoms with Gasteiger partial charge in [-0.3, -0.25) is 4.79 Å². The van der Waals surface area contributed by atoms with Crippen molar-refractivity contribution < 1.29 is 19.4 Å². The van der Waals surface area contributed by atoms with Crippen LogP contribution in [0.1, 0.15) is 40.4 Å². The van der Waals surface area contributed by atoms with Crippen molar-refractivity contribution in [2.75, 3.05) is 13.2 Å². The van der Waals surface area contributed by atoms with Crippen LogP contribution in [0.4, 0.5) is 0 Å². The van der Waals surface area contributed by atoms with Gasteiger partial charge in [0.05, 0.1) is 11.7 Å². The number of carboxylic acids is 1. The summed E-state index contributed by atoms with van der Waals surface area (Å²) >= 11 is 0. The Morgan fingerprint density at radius 2 is 1.81 bits per heavy atom. The minimum atomic E-state index is -0.943. The fraction of sp³-hybridized carbons (Fsp3) is 0.333. The van der Waals surface area contributed by atoms with Gasteiger partial charge >= 0.3 is 5.97 Å². The Bertz CT molecular complexity index is 742. The van der Waals surface area contributed by atoms with Gasteiger partial charge in [-0.15, -0.1) is 0 Å². The quantitative estimate of drug-likeness (QED) is 0.801. The second kappa shape index (κ2) is 8.63. The van der Waals surface area contributed by atoms with Gasteiger partial charge in [-0.1, -0.05) is 42.5 Å². The summed E-state index contributed by atoms with van der Waals surface area (Å²) in [7, 11) is 0. The van der Waals surface area contributed by atoms with Crippen molar-refractivity contribution in [2.24, 2.45) is 5.92 Å². The average Bonchev–Trinajstić information content (AvgIpc) is 3.14. The molecule has 5 heteroatoms. The molecule has 1 saturated heterocycles. The van der Waals surface area contributed by atoms with Crippen molar-refractivity contribution in [3.05, 3.63) is 71.3 Å². The molecule has 2 N–H and O–H groups in total. The van der Waals surface area contributed by atoms with Crippen LogP contribution < -0.4 is 5.32 Å². The van der Waals surface area contributed by atoms with Crippen LogP contribution in [0.5, 0.6) is 0 Å². The molecule has 136 valence electrons. The number of aryl methyl sites for hydroxylation is 1. The van der Waals surface area contributed by atoms with E-state index in [1.54, 1.807) is 24.3 Å². The minimum Gasteiger partial charge on any atom is -0.478 e. The highest BCUT2D eigenvalue weighted by atomic mass is 16.5. The van der Waals surface area contributed by atoms with Crippen LogP contribution in [0.2, 0.25) is 0 Å². The van der Waals surface area contributed by atoms with Crippen LogP contribution in [0.3, 0.4) is 0 Å². The van der Waals surface area contributed by atoms with Crippen LogP contribution in [0.15, 0.2) is 54.6 Å². The summed E-state index contributed by atoms with van der Waals surface area (Å²) in [5.41, 5.74) is 2.37. The number of aromatic carboxylic acids is 1. The lowest BCUT2D eigenvalue weighted by Gasteiger charge is -2.19. The molecular weight excluding hydrogens is 330 g/mol. The molecule has 0 aliphatic carbocycles. The lowest BCUT2D eigenvalue weighted by atomic mass is 9.95. The van der Waals surface area contributed by atoms with Gasteiger partial charge in [-0.2, -0.15) is 0 Å². The predicted octanol–water partition coefficient (Wildman–Crippen LogP) is 3.21. The highest BCUT2D eigenvalue weighted by Gasteiger charge is 2.29. The number of benzene rings is 2. The van der Waals surface area contributed by atoms with Gasteiger partial charge in [0.25, 0.3) is 0 Å². The standard InChI is InChI=1S/C21H23NO4/c23-19(11-8-15-6-9-17(10-7-15)21(24)25)22-14-18-12-13-26-20(18)16-4-2-1-3-5-16/h1-7,9-10,18,20H,8,11-14H2,(H,22,23)(H,24,25)/t18-,20-/m0/s1. The third-order valence-electron chi connectivity index (χ3n) is 4.75. The number of hydrogen-bond donors (Lipinski definition) is 2. The molecule has 0 bridgehead atoms. The first-order valence-electron chi connectivity index (χ1n) is 8.89. The van der Waals surface area contributed by atoms with Gasteiger partial charge in [0, 0.05) is 25.5 Å². The molecule has 1 aliphatic heterocycles. The molecule has 2 aromatic carbocycles. The number of ether oxygens (including phenoxy) is 1. The van der Waals surface area contributed by atoms with Crippen molar-refractivity contribution in [1.29, 1.82) is 0 Å². The summed E-state index contributed by atoms with van der Waals surface area (Å²) in [5, 5.41) is 11.9. The van der Waals surface area contributed by atoms with E-state index in [0.717, 1.165) is 24.2 Å². The molecule has 0 unspecified atom stereocenters. The zero-order chi connectivity index (χ0) is 18.4. The summed E-state index contributed by atoms with van der Waals surface area (Å²) in [6.07, 6.45) is 1.96. The summed E-state index contributed by atoms with van der Waals surface area (Å²) in [5.74, 6) is -0.650. The molecule has 0 radical (unpaired) electrons. The third-order valence-corrected chi connectivity index (χ3v) is 4.75. The maximum absolute atomic E-state index is 12.1. The Morgan fingerprint density at radius 3 is 2.50 bits per heavy atom. The first-order valence-corrected chi connectivity index (χ1v) is 8.89. The zero-order valence-electron chi connectivity index (χ0n) is 14.6. The number of carboxylic acid groups (broad SMARTS) is 1. The molecule has 0 aromatic heterocycles. The minimum absolute atomic E-state index is 0.00558. The monoisotopic (exact) mass is 353 g/mol. The van der Waals surface area contributed by atoms with E-state index in [0.29, 0.717) is 19.4 Å². The Hall–Kier alpha value is -2.66. The van der Waals surface area contributed by atoms with E-state index in [9.17, 15) is 9.59 Å². The largest absolute Gasteiger partial charge is 0.478 e. The number of hydrogen-bond acceptors (Lipinski definition) is 3. The Balaban J connectivity index is 1.45. The SMILES string of the molecule is O=C(CCc1ccc(C(=O)O)cc1)NC[C@@H]1CCO[C@H]1c1ccccc1. The molecule has 0 spiro atoms. The molecule has 1 aliphatic rings. The van der Waals surface area contributed by atoms with E-state index in [1.165, 1.54) is 0 Å². The zero-order valence-corrected chi connectivity index (χ0v) is 14.6. The predicted molar refractivity (Wildman–Crippen MR) is 98.0 cm³/mol. The van der Waals surface area contributed by atoms with E-state index >= 15 is 0 Å². The first-order chi connectivity index (χ1) is 12.6. The molecule has 3 rings (SSSR count). The topological polar surface area (TPSA) is 75.6 Å². The van der Waals surface area contributed by atoms with Crippen molar-refractivity contribution in [3.63, 3.8) is 0 Å².